The Morgan fingerprint density at radius 3 is 2.88 bits per heavy atom. The van der Waals surface area contributed by atoms with Gasteiger partial charge in [0, 0.05) is 30.4 Å². The van der Waals surface area contributed by atoms with Crippen LogP contribution in [0.4, 0.5) is 0 Å². The molecule has 0 aliphatic carbocycles. The first-order chi connectivity index (χ1) is 8.40. The SMILES string of the molecule is ClCc1c(-c2cnccn2)nn2cccnc12. The molecule has 3 aromatic heterocycles. The van der Waals surface area contributed by atoms with Crippen molar-refractivity contribution in [1.29, 1.82) is 0 Å². The fourth-order valence-electron chi connectivity index (χ4n) is 1.68. The highest BCUT2D eigenvalue weighted by Gasteiger charge is 2.15. The minimum absolute atomic E-state index is 0.340. The van der Waals surface area contributed by atoms with Crippen molar-refractivity contribution in [2.24, 2.45) is 0 Å². The van der Waals surface area contributed by atoms with E-state index in [0.29, 0.717) is 11.6 Å². The van der Waals surface area contributed by atoms with Crippen LogP contribution in [0.25, 0.3) is 17.0 Å². The highest BCUT2D eigenvalue weighted by molar-refractivity contribution is 6.18. The lowest BCUT2D eigenvalue weighted by Gasteiger charge is -1.96. The van der Waals surface area contributed by atoms with Gasteiger partial charge in [0.15, 0.2) is 5.65 Å². The summed E-state index contributed by atoms with van der Waals surface area (Å²) in [6, 6.07) is 1.82. The number of hydrogen-bond donors (Lipinski definition) is 0. The maximum Gasteiger partial charge on any atom is 0.160 e. The van der Waals surface area contributed by atoms with Gasteiger partial charge in [-0.25, -0.2) is 9.50 Å². The zero-order valence-electron chi connectivity index (χ0n) is 8.79. The zero-order chi connectivity index (χ0) is 11.7. The van der Waals surface area contributed by atoms with Crippen molar-refractivity contribution >= 4 is 17.2 Å². The molecule has 0 radical (unpaired) electrons. The van der Waals surface area contributed by atoms with Gasteiger partial charge in [0.2, 0.25) is 0 Å². The molecule has 0 N–H and O–H groups in total. The summed E-state index contributed by atoms with van der Waals surface area (Å²) in [6.45, 7) is 0. The van der Waals surface area contributed by atoms with E-state index in [1.165, 1.54) is 0 Å². The van der Waals surface area contributed by atoms with Gasteiger partial charge in [-0.15, -0.1) is 11.6 Å². The van der Waals surface area contributed by atoms with Crippen LogP contribution in [0, 0.1) is 0 Å². The minimum atomic E-state index is 0.340. The van der Waals surface area contributed by atoms with Crippen LogP contribution >= 0.6 is 11.6 Å². The Bertz CT molecular complexity index is 649. The Labute approximate surface area is 102 Å². The summed E-state index contributed by atoms with van der Waals surface area (Å²) in [4.78, 5) is 12.5. The minimum Gasteiger partial charge on any atom is -0.261 e. The molecule has 6 heteroatoms. The molecule has 0 bridgehead atoms. The molecule has 0 atom stereocenters. The molecule has 3 aromatic rings. The van der Waals surface area contributed by atoms with Crippen LogP contribution in [-0.4, -0.2) is 24.6 Å². The number of halogens is 1. The van der Waals surface area contributed by atoms with Crippen LogP contribution in [0.2, 0.25) is 0 Å². The lowest BCUT2D eigenvalue weighted by atomic mass is 10.2. The largest absolute Gasteiger partial charge is 0.261 e. The van der Waals surface area contributed by atoms with Crippen molar-refractivity contribution in [3.63, 3.8) is 0 Å². The van der Waals surface area contributed by atoms with Crippen molar-refractivity contribution in [2.45, 2.75) is 5.88 Å². The Hall–Kier alpha value is -2.01. The number of aromatic nitrogens is 5. The van der Waals surface area contributed by atoms with Gasteiger partial charge in [0.1, 0.15) is 11.4 Å². The molecule has 0 spiro atoms. The van der Waals surface area contributed by atoms with Crippen molar-refractivity contribution in [3.8, 4) is 11.4 Å². The molecule has 5 nitrogen and oxygen atoms in total. The summed E-state index contributed by atoms with van der Waals surface area (Å²) in [5.74, 6) is 0.340. The lowest BCUT2D eigenvalue weighted by Crippen LogP contribution is -1.88. The predicted octanol–water partition coefficient (Wildman–Crippen LogP) is 1.93. The van der Waals surface area contributed by atoms with E-state index in [1.54, 1.807) is 29.3 Å². The summed E-state index contributed by atoms with van der Waals surface area (Å²) < 4.78 is 1.70. The quantitative estimate of drug-likeness (QED) is 0.648. The molecular formula is C11H8ClN5. The molecule has 0 saturated heterocycles. The normalized spacial score (nSPS) is 10.9. The van der Waals surface area contributed by atoms with Gasteiger partial charge in [-0.1, -0.05) is 0 Å². The first-order valence-electron chi connectivity index (χ1n) is 5.04. The van der Waals surface area contributed by atoms with E-state index < -0.39 is 0 Å². The summed E-state index contributed by atoms with van der Waals surface area (Å²) in [7, 11) is 0. The molecule has 0 unspecified atom stereocenters. The Balaban J connectivity index is 2.30. The fraction of sp³-hybridized carbons (Fsp3) is 0.0909. The van der Waals surface area contributed by atoms with Gasteiger partial charge in [0.25, 0.3) is 0 Å². The van der Waals surface area contributed by atoms with Gasteiger partial charge in [-0.3, -0.25) is 9.97 Å². The molecular weight excluding hydrogens is 238 g/mol. The van der Waals surface area contributed by atoms with E-state index in [4.69, 9.17) is 11.6 Å². The molecule has 0 fully saturated rings. The number of alkyl halides is 1. The number of rotatable bonds is 2. The van der Waals surface area contributed by atoms with Crippen molar-refractivity contribution in [3.05, 3.63) is 42.6 Å². The van der Waals surface area contributed by atoms with Crippen LogP contribution in [-0.2, 0) is 5.88 Å². The summed E-state index contributed by atoms with van der Waals surface area (Å²) in [5, 5.41) is 4.42. The molecule has 3 rings (SSSR count). The van der Waals surface area contributed by atoms with Crippen molar-refractivity contribution in [2.75, 3.05) is 0 Å². The fourth-order valence-corrected chi connectivity index (χ4v) is 1.93. The average molecular weight is 246 g/mol. The third-order valence-electron chi connectivity index (χ3n) is 2.43. The maximum absolute atomic E-state index is 5.96. The maximum atomic E-state index is 5.96. The first kappa shape index (κ1) is 10.2. The van der Waals surface area contributed by atoms with Gasteiger partial charge < -0.3 is 0 Å². The smallest absolute Gasteiger partial charge is 0.160 e. The van der Waals surface area contributed by atoms with E-state index >= 15 is 0 Å². The predicted molar refractivity (Wildman–Crippen MR) is 63.6 cm³/mol. The summed E-state index contributed by atoms with van der Waals surface area (Å²) >= 11 is 5.96. The van der Waals surface area contributed by atoms with Crippen LogP contribution < -0.4 is 0 Å². The van der Waals surface area contributed by atoms with Gasteiger partial charge in [-0.2, -0.15) is 5.10 Å². The van der Waals surface area contributed by atoms with Crippen LogP contribution in [0.1, 0.15) is 5.56 Å². The Kier molecular flexibility index (Phi) is 2.45. The average Bonchev–Trinajstić information content (AvgIpc) is 2.78. The molecule has 17 heavy (non-hydrogen) atoms. The molecule has 0 aromatic carbocycles. The van der Waals surface area contributed by atoms with Crippen molar-refractivity contribution < 1.29 is 0 Å². The molecule has 0 aliphatic heterocycles. The standard InChI is InChI=1S/C11H8ClN5/c12-6-8-10(9-7-13-3-4-14-9)16-17-5-1-2-15-11(8)17/h1-5,7H,6H2. The molecule has 84 valence electrons. The number of hydrogen-bond acceptors (Lipinski definition) is 4. The Morgan fingerprint density at radius 2 is 2.12 bits per heavy atom. The highest BCUT2D eigenvalue weighted by atomic mass is 35.5. The number of nitrogens with zero attached hydrogens (tertiary/aromatic N) is 5. The second kappa shape index (κ2) is 4.10. The topological polar surface area (TPSA) is 56.0 Å². The summed E-state index contributed by atoms with van der Waals surface area (Å²) in [5.41, 5.74) is 3.05. The van der Waals surface area contributed by atoms with Crippen LogP contribution in [0.5, 0.6) is 0 Å². The van der Waals surface area contributed by atoms with Gasteiger partial charge in [-0.05, 0) is 6.07 Å². The zero-order valence-corrected chi connectivity index (χ0v) is 9.54. The van der Waals surface area contributed by atoms with E-state index in [1.807, 2.05) is 12.3 Å². The second-order valence-corrected chi connectivity index (χ2v) is 3.71. The number of fused-ring (bicyclic) bond motifs is 1. The Morgan fingerprint density at radius 1 is 1.18 bits per heavy atom. The molecule has 0 aliphatic rings. The van der Waals surface area contributed by atoms with E-state index in [-0.39, 0.29) is 0 Å². The first-order valence-corrected chi connectivity index (χ1v) is 5.58. The third-order valence-corrected chi connectivity index (χ3v) is 2.70. The molecule has 3 heterocycles. The summed E-state index contributed by atoms with van der Waals surface area (Å²) in [6.07, 6.45) is 8.46. The van der Waals surface area contributed by atoms with Gasteiger partial charge in [0.05, 0.1) is 12.1 Å². The second-order valence-electron chi connectivity index (χ2n) is 3.44. The van der Waals surface area contributed by atoms with Crippen LogP contribution in [0.3, 0.4) is 0 Å². The van der Waals surface area contributed by atoms with E-state index in [0.717, 1.165) is 16.9 Å². The van der Waals surface area contributed by atoms with Crippen molar-refractivity contribution in [1.82, 2.24) is 24.6 Å². The van der Waals surface area contributed by atoms with Crippen LogP contribution in [0.15, 0.2) is 37.1 Å². The highest BCUT2D eigenvalue weighted by Crippen LogP contribution is 2.24. The van der Waals surface area contributed by atoms with E-state index in [2.05, 4.69) is 20.1 Å². The van der Waals surface area contributed by atoms with Gasteiger partial charge >= 0.3 is 0 Å². The monoisotopic (exact) mass is 245 g/mol. The molecule has 0 amide bonds. The molecule has 0 saturated carbocycles. The third kappa shape index (κ3) is 1.64. The lowest BCUT2D eigenvalue weighted by molar-refractivity contribution is 0.939. The van der Waals surface area contributed by atoms with E-state index in [9.17, 15) is 0 Å².